The average Bonchev–Trinajstić information content (AvgIpc) is 2.29. The summed E-state index contributed by atoms with van der Waals surface area (Å²) in [5.41, 5.74) is 1.16. The van der Waals surface area contributed by atoms with Crippen LogP contribution in [-0.2, 0) is 4.79 Å². The third-order valence-corrected chi connectivity index (χ3v) is 2.53. The molecule has 0 aliphatic heterocycles. The maximum absolute atomic E-state index is 10.4. The summed E-state index contributed by atoms with van der Waals surface area (Å²) in [6, 6.07) is 10.2. The Morgan fingerprint density at radius 3 is 2.60 bits per heavy atom. The first-order chi connectivity index (χ1) is 7.38. The number of benzene rings is 1. The van der Waals surface area contributed by atoms with Gasteiger partial charge in [-0.1, -0.05) is 56.5 Å². The molecule has 81 valence electrons. The molecule has 0 aromatic heterocycles. The highest BCUT2D eigenvalue weighted by Crippen LogP contribution is 2.18. The summed E-state index contributed by atoms with van der Waals surface area (Å²) in [6.07, 6.45) is 6.34. The lowest BCUT2D eigenvalue weighted by Crippen LogP contribution is -2.19. The Hall–Kier alpha value is -1.31. The first-order valence-corrected chi connectivity index (χ1v) is 5.56. The van der Waals surface area contributed by atoms with E-state index in [4.69, 9.17) is 0 Å². The van der Waals surface area contributed by atoms with Crippen LogP contribution in [0, 0.1) is 0 Å². The van der Waals surface area contributed by atoms with Crippen molar-refractivity contribution < 1.29 is 4.79 Å². The van der Waals surface area contributed by atoms with Crippen LogP contribution in [0.5, 0.6) is 0 Å². The van der Waals surface area contributed by atoms with Gasteiger partial charge < -0.3 is 5.32 Å². The molecule has 2 nitrogen and oxygen atoms in total. The van der Waals surface area contributed by atoms with Gasteiger partial charge in [0.2, 0.25) is 0 Å². The number of nitrogens with one attached hydrogen (secondary N) is 1. The van der Waals surface area contributed by atoms with Gasteiger partial charge in [-0.2, -0.15) is 0 Å². The van der Waals surface area contributed by atoms with Gasteiger partial charge in [0.1, 0.15) is 0 Å². The summed E-state index contributed by atoms with van der Waals surface area (Å²) in [4.78, 5) is 10.4. The van der Waals surface area contributed by atoms with Gasteiger partial charge in [-0.25, -0.2) is 0 Å². The monoisotopic (exact) mass is 204 g/mol. The lowest BCUT2D eigenvalue weighted by Gasteiger charge is -2.15. The molecule has 0 fully saturated rings. The largest absolute Gasteiger partial charge is 0.341 e. The molecule has 0 heterocycles. The normalized spacial score (nSPS) is 12.1. The van der Waals surface area contributed by atoms with Crippen LogP contribution in [0.3, 0.4) is 0 Å². The molecule has 1 N–H and O–H groups in total. The van der Waals surface area contributed by atoms with Gasteiger partial charge in [0.15, 0.2) is 0 Å². The van der Waals surface area contributed by atoms with E-state index in [0.717, 1.165) is 18.4 Å². The molecule has 0 spiro atoms. The van der Waals surface area contributed by atoms with Crippen molar-refractivity contribution in [2.45, 2.75) is 38.6 Å². The molecular formula is C13H18NO. The molecule has 0 saturated heterocycles. The van der Waals surface area contributed by atoms with Crippen molar-refractivity contribution >= 4 is 6.41 Å². The lowest BCUT2D eigenvalue weighted by atomic mass is 10.0. The van der Waals surface area contributed by atoms with Crippen LogP contribution in [0.25, 0.3) is 0 Å². The molecule has 0 aliphatic rings. The predicted octanol–water partition coefficient (Wildman–Crippen LogP) is 2.96. The number of carbonyl (C=O) groups excluding carboxylic acids is 1. The standard InChI is InChI=1S/C13H18NO/c1-2-3-5-10-13(14-11-15)12-8-6-4-7-9-12/h4,6-9,13H,2-3,5,10H2,1H3,(H,14,15). The molecule has 2 heteroatoms. The number of rotatable bonds is 7. The predicted molar refractivity (Wildman–Crippen MR) is 62.2 cm³/mol. The summed E-state index contributed by atoms with van der Waals surface area (Å²) in [5, 5.41) is 2.75. The summed E-state index contributed by atoms with van der Waals surface area (Å²) in [5.74, 6) is 0. The SMILES string of the molecule is CCCCCC(N[C]=O)c1ccccc1. The molecule has 1 amide bonds. The Labute approximate surface area is 91.7 Å². The first-order valence-electron chi connectivity index (χ1n) is 5.56. The van der Waals surface area contributed by atoms with E-state index >= 15 is 0 Å². The van der Waals surface area contributed by atoms with E-state index in [2.05, 4.69) is 12.2 Å². The third kappa shape index (κ3) is 4.15. The van der Waals surface area contributed by atoms with Crippen molar-refractivity contribution in [1.82, 2.24) is 5.32 Å². The van der Waals surface area contributed by atoms with E-state index in [1.165, 1.54) is 12.8 Å². The molecule has 15 heavy (non-hydrogen) atoms. The van der Waals surface area contributed by atoms with Crippen molar-refractivity contribution in [3.05, 3.63) is 35.9 Å². The van der Waals surface area contributed by atoms with Gasteiger partial charge in [-0.15, -0.1) is 0 Å². The minimum Gasteiger partial charge on any atom is -0.341 e. The van der Waals surface area contributed by atoms with Crippen molar-refractivity contribution in [1.29, 1.82) is 0 Å². The number of hydrogen-bond acceptors (Lipinski definition) is 1. The molecular weight excluding hydrogens is 186 g/mol. The van der Waals surface area contributed by atoms with Gasteiger partial charge in [0, 0.05) is 0 Å². The van der Waals surface area contributed by atoms with Crippen molar-refractivity contribution in [3.63, 3.8) is 0 Å². The second-order valence-corrected chi connectivity index (χ2v) is 3.71. The summed E-state index contributed by atoms with van der Waals surface area (Å²) >= 11 is 0. The Kier molecular flexibility index (Phi) is 5.52. The number of hydrogen-bond donors (Lipinski definition) is 1. The molecule has 0 bridgehead atoms. The minimum atomic E-state index is 0.121. The van der Waals surface area contributed by atoms with E-state index in [1.54, 1.807) is 6.41 Å². The van der Waals surface area contributed by atoms with Crippen molar-refractivity contribution in [2.24, 2.45) is 0 Å². The Morgan fingerprint density at radius 2 is 2.00 bits per heavy atom. The number of unbranched alkanes of at least 4 members (excludes halogenated alkanes) is 2. The Morgan fingerprint density at radius 1 is 1.27 bits per heavy atom. The van der Waals surface area contributed by atoms with Gasteiger partial charge >= 0.3 is 6.41 Å². The highest BCUT2D eigenvalue weighted by Gasteiger charge is 2.08. The number of amides is 1. The van der Waals surface area contributed by atoms with E-state index < -0.39 is 0 Å². The summed E-state index contributed by atoms with van der Waals surface area (Å²) in [7, 11) is 0. The summed E-state index contributed by atoms with van der Waals surface area (Å²) < 4.78 is 0. The van der Waals surface area contributed by atoms with Crippen LogP contribution >= 0.6 is 0 Å². The van der Waals surface area contributed by atoms with Gasteiger partial charge in [0.25, 0.3) is 0 Å². The highest BCUT2D eigenvalue weighted by atomic mass is 16.1. The smallest absolute Gasteiger partial charge is 0.309 e. The van der Waals surface area contributed by atoms with Crippen LogP contribution in [-0.4, -0.2) is 6.41 Å². The molecule has 0 saturated carbocycles. The van der Waals surface area contributed by atoms with Crippen molar-refractivity contribution in [2.75, 3.05) is 0 Å². The topological polar surface area (TPSA) is 29.1 Å². The minimum absolute atomic E-state index is 0.121. The molecule has 0 aliphatic carbocycles. The highest BCUT2D eigenvalue weighted by molar-refractivity contribution is 5.48. The van der Waals surface area contributed by atoms with Crippen LogP contribution in [0.1, 0.15) is 44.2 Å². The Bertz CT molecular complexity index is 271. The fourth-order valence-electron chi connectivity index (χ4n) is 1.68. The van der Waals surface area contributed by atoms with Crippen LogP contribution < -0.4 is 5.32 Å². The molecule has 1 aromatic rings. The molecule has 1 unspecified atom stereocenters. The fourth-order valence-corrected chi connectivity index (χ4v) is 1.68. The Balaban J connectivity index is 2.53. The van der Waals surface area contributed by atoms with Gasteiger partial charge in [-0.3, -0.25) is 4.79 Å². The fraction of sp³-hybridized carbons (Fsp3) is 0.462. The average molecular weight is 204 g/mol. The zero-order chi connectivity index (χ0) is 10.9. The van der Waals surface area contributed by atoms with Crippen LogP contribution in [0.4, 0.5) is 0 Å². The van der Waals surface area contributed by atoms with Gasteiger partial charge in [0.05, 0.1) is 6.04 Å². The molecule has 1 radical (unpaired) electrons. The van der Waals surface area contributed by atoms with Crippen LogP contribution in [0.15, 0.2) is 30.3 Å². The second-order valence-electron chi connectivity index (χ2n) is 3.71. The second kappa shape index (κ2) is 7.04. The first kappa shape index (κ1) is 11.8. The maximum Gasteiger partial charge on any atom is 0.309 e. The van der Waals surface area contributed by atoms with E-state index in [0.29, 0.717) is 0 Å². The lowest BCUT2D eigenvalue weighted by molar-refractivity contribution is 0.495. The maximum atomic E-state index is 10.4. The zero-order valence-corrected chi connectivity index (χ0v) is 9.20. The van der Waals surface area contributed by atoms with Crippen LogP contribution in [0.2, 0.25) is 0 Å². The molecule has 1 aromatic carbocycles. The third-order valence-electron chi connectivity index (χ3n) is 2.53. The van der Waals surface area contributed by atoms with Gasteiger partial charge in [-0.05, 0) is 12.0 Å². The zero-order valence-electron chi connectivity index (χ0n) is 9.20. The molecule has 1 atom stereocenters. The molecule has 1 rings (SSSR count). The van der Waals surface area contributed by atoms with E-state index in [1.807, 2.05) is 30.3 Å². The quantitative estimate of drug-likeness (QED) is 0.537. The van der Waals surface area contributed by atoms with E-state index in [-0.39, 0.29) is 6.04 Å². The van der Waals surface area contributed by atoms with Crippen molar-refractivity contribution in [3.8, 4) is 0 Å². The summed E-state index contributed by atoms with van der Waals surface area (Å²) in [6.45, 7) is 2.18. The van der Waals surface area contributed by atoms with E-state index in [9.17, 15) is 4.79 Å².